The van der Waals surface area contributed by atoms with Gasteiger partial charge < -0.3 is 29.5 Å². The van der Waals surface area contributed by atoms with E-state index in [2.05, 4.69) is 0 Å². The maximum atomic E-state index is 13.9. The molecule has 10 nitrogen and oxygen atoms in total. The van der Waals surface area contributed by atoms with Gasteiger partial charge >= 0.3 is 17.9 Å². The summed E-state index contributed by atoms with van der Waals surface area (Å²) in [5.74, 6) is -1.15. The number of nitrogens with zero attached hydrogens (tertiary/aromatic N) is 1. The number of hydrogen-bond acceptors (Lipinski definition) is 10. The summed E-state index contributed by atoms with van der Waals surface area (Å²) in [7, 11) is 0. The van der Waals surface area contributed by atoms with E-state index in [9.17, 15) is 29.7 Å². The fourth-order valence-corrected chi connectivity index (χ4v) is 7.87. The summed E-state index contributed by atoms with van der Waals surface area (Å²) in [5, 5.41) is 33.8. The lowest BCUT2D eigenvalue weighted by molar-refractivity contribution is -0.00252. The topological polar surface area (TPSA) is 143 Å². The van der Waals surface area contributed by atoms with Crippen LogP contribution in [0.5, 0.6) is 17.2 Å². The van der Waals surface area contributed by atoms with Gasteiger partial charge in [-0.05, 0) is 89.7 Å². The molecule has 0 heterocycles. The van der Waals surface area contributed by atoms with Crippen molar-refractivity contribution in [2.75, 3.05) is 19.6 Å². The van der Waals surface area contributed by atoms with Gasteiger partial charge in [0.1, 0.15) is 35.6 Å². The number of carbonyl (C=O) groups is 3. The molecule has 0 spiro atoms. The Hall–Kier alpha value is -4.57. The van der Waals surface area contributed by atoms with E-state index in [1.165, 1.54) is 0 Å². The molecule has 0 aliphatic carbocycles. The van der Waals surface area contributed by atoms with Crippen molar-refractivity contribution in [3.63, 3.8) is 0 Å². The summed E-state index contributed by atoms with van der Waals surface area (Å²) >= 11 is 0. The van der Waals surface area contributed by atoms with E-state index in [1.807, 2.05) is 130 Å². The molecule has 3 rings (SSSR count). The molecule has 0 aliphatic heterocycles. The van der Waals surface area contributed by atoms with Gasteiger partial charge in [-0.2, -0.15) is 0 Å². The predicted octanol–water partition coefficient (Wildman–Crippen LogP) is 11.9. The van der Waals surface area contributed by atoms with Crippen LogP contribution in [0.15, 0.2) is 36.4 Å². The summed E-state index contributed by atoms with van der Waals surface area (Å²) in [6.07, 6.45) is -1.99. The Morgan fingerprint density at radius 3 is 0.688 bits per heavy atom. The highest BCUT2D eigenvalue weighted by atomic mass is 16.6. The summed E-state index contributed by atoms with van der Waals surface area (Å²) in [6, 6.07) is 10.2. The average molecular weight is 888 g/mol. The molecule has 356 valence electrons. The van der Waals surface area contributed by atoms with Crippen LogP contribution in [0.3, 0.4) is 0 Å². The fourth-order valence-electron chi connectivity index (χ4n) is 7.87. The van der Waals surface area contributed by atoms with Crippen molar-refractivity contribution in [3.8, 4) is 17.2 Å². The fraction of sp³-hybridized carbons (Fsp3) is 0.611. The predicted molar refractivity (Wildman–Crippen MR) is 258 cm³/mol. The Morgan fingerprint density at radius 2 is 0.547 bits per heavy atom. The summed E-state index contributed by atoms with van der Waals surface area (Å²) < 4.78 is 18.3. The first-order valence-corrected chi connectivity index (χ1v) is 22.7. The first kappa shape index (κ1) is 53.8. The minimum atomic E-state index is -0.662. The van der Waals surface area contributed by atoms with E-state index < -0.39 is 68.7 Å². The third-order valence-electron chi connectivity index (χ3n) is 11.4. The highest BCUT2D eigenvalue weighted by Gasteiger charge is 2.33. The molecule has 0 fully saturated rings. The average Bonchev–Trinajstić information content (AvgIpc) is 3.08. The van der Waals surface area contributed by atoms with Crippen LogP contribution in [0.4, 0.5) is 0 Å². The van der Waals surface area contributed by atoms with Crippen LogP contribution in [0.1, 0.15) is 210 Å². The number of hydrogen-bond donors (Lipinski definition) is 3. The minimum absolute atomic E-state index is 0.163. The Labute approximate surface area is 385 Å². The summed E-state index contributed by atoms with van der Waals surface area (Å²) in [5.41, 5.74) is 2.13. The molecular formula is C54H81NO9. The van der Waals surface area contributed by atoms with E-state index in [0.29, 0.717) is 50.1 Å². The molecule has 3 atom stereocenters. The van der Waals surface area contributed by atoms with Crippen LogP contribution in [-0.4, -0.2) is 76.1 Å². The highest BCUT2D eigenvalue weighted by Crippen LogP contribution is 2.43. The maximum absolute atomic E-state index is 13.9. The van der Waals surface area contributed by atoms with Gasteiger partial charge in [-0.1, -0.05) is 125 Å². The van der Waals surface area contributed by atoms with Crippen molar-refractivity contribution in [1.29, 1.82) is 0 Å². The summed E-state index contributed by atoms with van der Waals surface area (Å²) in [4.78, 5) is 43.6. The summed E-state index contributed by atoms with van der Waals surface area (Å²) in [6.45, 7) is 41.6. The second kappa shape index (κ2) is 19.1. The van der Waals surface area contributed by atoms with E-state index >= 15 is 0 Å². The number of carbonyl (C=O) groups excluding carboxylic acids is 3. The molecule has 0 amide bonds. The molecule has 10 heteroatoms. The molecule has 3 aromatic rings. The lowest BCUT2D eigenvalue weighted by Gasteiger charge is -2.31. The third kappa shape index (κ3) is 13.7. The molecular weight excluding hydrogens is 807 g/mol. The Balaban J connectivity index is 1.99. The zero-order valence-corrected chi connectivity index (χ0v) is 43.1. The van der Waals surface area contributed by atoms with Crippen molar-refractivity contribution < 1.29 is 43.9 Å². The van der Waals surface area contributed by atoms with Crippen LogP contribution >= 0.6 is 0 Å². The zero-order valence-electron chi connectivity index (χ0n) is 43.1. The number of phenols is 3. The SMILES string of the molecule is CC(CN(CC(C)OC(=O)c1cc(C(C)(C)C)c(O)c(C(C)(C)C)c1)CC(C)OC(=O)c1cc(C(C)(C)C)c(O)c(C(C)(C)C)c1)OC(=O)c1cc(C(C)(C)C)c(O)c(C(C)(C)C)c1. The van der Waals surface area contributed by atoms with E-state index in [1.54, 1.807) is 57.2 Å². The molecule has 0 aromatic heterocycles. The van der Waals surface area contributed by atoms with Crippen LogP contribution in [0, 0.1) is 0 Å². The second-order valence-electron chi connectivity index (χ2n) is 24.1. The van der Waals surface area contributed by atoms with Gasteiger partial charge in [0.25, 0.3) is 0 Å². The van der Waals surface area contributed by atoms with Gasteiger partial charge in [0.05, 0.1) is 16.7 Å². The molecule has 3 N–H and O–H groups in total. The Bertz CT molecular complexity index is 1820. The van der Waals surface area contributed by atoms with Gasteiger partial charge in [0.15, 0.2) is 0 Å². The monoisotopic (exact) mass is 888 g/mol. The molecule has 0 radical (unpaired) electrons. The smallest absolute Gasteiger partial charge is 0.338 e. The Morgan fingerprint density at radius 1 is 0.391 bits per heavy atom. The van der Waals surface area contributed by atoms with Crippen LogP contribution in [-0.2, 0) is 46.7 Å². The first-order chi connectivity index (χ1) is 28.7. The zero-order chi connectivity index (χ0) is 49.5. The van der Waals surface area contributed by atoms with Gasteiger partial charge in [0.2, 0.25) is 0 Å². The van der Waals surface area contributed by atoms with Gasteiger partial charge in [0, 0.05) is 53.0 Å². The molecule has 3 unspecified atom stereocenters. The highest BCUT2D eigenvalue weighted by molar-refractivity contribution is 5.92. The number of ether oxygens (including phenoxy) is 3. The molecule has 3 aromatic carbocycles. The van der Waals surface area contributed by atoms with Gasteiger partial charge in [-0.15, -0.1) is 0 Å². The maximum Gasteiger partial charge on any atom is 0.338 e. The van der Waals surface area contributed by atoms with E-state index in [4.69, 9.17) is 14.2 Å². The van der Waals surface area contributed by atoms with Gasteiger partial charge in [-0.3, -0.25) is 4.90 Å². The Kier molecular flexibility index (Phi) is 16.1. The lowest BCUT2D eigenvalue weighted by Crippen LogP contribution is -2.43. The number of aromatic hydroxyl groups is 3. The molecule has 0 aliphatic rings. The standard InChI is InChI=1S/C54H81NO9/c1-31(62-46(59)34-22-37(49(4,5)6)43(56)38(23-34)50(7,8)9)28-55(29-32(2)63-47(60)35-24-39(51(10,11)12)44(57)40(25-35)52(13,14)15)30-33(3)64-48(61)36-26-41(53(16,17)18)45(58)42(27-36)54(19,20)21/h22-27,31-33,56-58H,28-30H2,1-21H3. The quantitative estimate of drug-likeness (QED) is 0.119. The number of esters is 3. The first-order valence-electron chi connectivity index (χ1n) is 22.7. The molecule has 0 saturated carbocycles. The molecule has 64 heavy (non-hydrogen) atoms. The van der Waals surface area contributed by atoms with Crippen LogP contribution in [0.2, 0.25) is 0 Å². The third-order valence-corrected chi connectivity index (χ3v) is 11.4. The van der Waals surface area contributed by atoms with Crippen molar-refractivity contribution >= 4 is 17.9 Å². The number of benzene rings is 3. The van der Waals surface area contributed by atoms with Crippen LogP contribution < -0.4 is 0 Å². The van der Waals surface area contributed by atoms with Crippen LogP contribution in [0.25, 0.3) is 0 Å². The number of rotatable bonds is 12. The van der Waals surface area contributed by atoms with E-state index in [-0.39, 0.29) is 36.9 Å². The lowest BCUT2D eigenvalue weighted by atomic mass is 9.78. The van der Waals surface area contributed by atoms with Crippen molar-refractivity contribution in [2.24, 2.45) is 0 Å². The minimum Gasteiger partial charge on any atom is -0.507 e. The normalized spacial score (nSPS) is 14.5. The molecule has 0 saturated heterocycles. The van der Waals surface area contributed by atoms with Gasteiger partial charge in [-0.25, -0.2) is 14.4 Å². The number of phenolic OH excluding ortho intramolecular Hbond substituents is 3. The molecule has 0 bridgehead atoms. The van der Waals surface area contributed by atoms with Crippen molar-refractivity contribution in [1.82, 2.24) is 4.90 Å². The van der Waals surface area contributed by atoms with Crippen molar-refractivity contribution in [2.45, 2.75) is 196 Å². The second-order valence-corrected chi connectivity index (χ2v) is 24.1. The van der Waals surface area contributed by atoms with E-state index in [0.717, 1.165) is 0 Å². The largest absolute Gasteiger partial charge is 0.507 e. The van der Waals surface area contributed by atoms with Crippen molar-refractivity contribution in [3.05, 3.63) is 86.5 Å².